The number of aryl methyl sites for hydroxylation is 2. The molecule has 0 aliphatic carbocycles. The zero-order valence-electron chi connectivity index (χ0n) is 23.1. The Kier molecular flexibility index (Phi) is 7.83. The van der Waals surface area contributed by atoms with Gasteiger partial charge in [0.25, 0.3) is 5.91 Å². The Morgan fingerprint density at radius 2 is 1.66 bits per heavy atom. The average molecular weight is 548 g/mol. The summed E-state index contributed by atoms with van der Waals surface area (Å²) in [5.74, 6) is 0.216. The molecule has 206 valence electrons. The van der Waals surface area contributed by atoms with Crippen LogP contribution in [-0.2, 0) is 0 Å². The van der Waals surface area contributed by atoms with Crippen LogP contribution < -0.4 is 19.6 Å². The van der Waals surface area contributed by atoms with E-state index in [0.29, 0.717) is 28.3 Å². The smallest absolute Gasteiger partial charge is 0.343 e. The summed E-state index contributed by atoms with van der Waals surface area (Å²) < 4.78 is 16.1. The fraction of sp³-hybridized carbons (Fsp3) is 0.121. The van der Waals surface area contributed by atoms with Crippen LogP contribution in [0.3, 0.4) is 0 Å². The number of benzene rings is 4. The predicted octanol–water partition coefficient (Wildman–Crippen LogP) is 6.45. The van der Waals surface area contributed by atoms with Gasteiger partial charge in [0.2, 0.25) is 0 Å². The molecular weight excluding hydrogens is 518 g/mol. The first-order chi connectivity index (χ1) is 19.9. The summed E-state index contributed by atoms with van der Waals surface area (Å²) in [7, 11) is 3.01. The highest BCUT2D eigenvalue weighted by atomic mass is 16.6. The number of esters is 1. The Labute approximate surface area is 237 Å². The van der Waals surface area contributed by atoms with E-state index in [0.717, 1.165) is 33.2 Å². The Balaban J connectivity index is 1.36. The van der Waals surface area contributed by atoms with E-state index in [2.05, 4.69) is 27.6 Å². The van der Waals surface area contributed by atoms with Crippen LogP contribution in [0.5, 0.6) is 17.2 Å². The molecule has 8 nitrogen and oxygen atoms in total. The summed E-state index contributed by atoms with van der Waals surface area (Å²) in [5.41, 5.74) is 8.87. The lowest BCUT2D eigenvalue weighted by atomic mass is 9.99. The number of carbonyl (C=O) groups excluding carboxylic acids is 2. The second kappa shape index (κ2) is 11.8. The number of amides is 1. The number of aromatic nitrogens is 1. The molecule has 0 unspecified atom stereocenters. The lowest BCUT2D eigenvalue weighted by Crippen LogP contribution is -2.18. The molecule has 0 atom stereocenters. The second-order valence-electron chi connectivity index (χ2n) is 9.48. The zero-order chi connectivity index (χ0) is 28.9. The van der Waals surface area contributed by atoms with E-state index in [9.17, 15) is 9.59 Å². The molecule has 0 aliphatic heterocycles. The van der Waals surface area contributed by atoms with Crippen molar-refractivity contribution < 1.29 is 23.8 Å². The monoisotopic (exact) mass is 547 g/mol. The molecule has 4 aromatic carbocycles. The SMILES string of the molecule is COc1cccc(C(=O)Oc2ccc(C=NNC(=O)c3[nH]c4c(C)cc(C)cc4c3-c3ccccc3)cc2OC)c1. The van der Waals surface area contributed by atoms with Gasteiger partial charge in [0.1, 0.15) is 11.4 Å². The van der Waals surface area contributed by atoms with Crippen LogP contribution in [0, 0.1) is 13.8 Å². The van der Waals surface area contributed by atoms with E-state index in [1.54, 1.807) is 42.5 Å². The lowest BCUT2D eigenvalue weighted by molar-refractivity contribution is 0.0729. The summed E-state index contributed by atoms with van der Waals surface area (Å²) in [4.78, 5) is 29.3. The Hall–Kier alpha value is -5.37. The topological polar surface area (TPSA) is 102 Å². The minimum absolute atomic E-state index is 0.248. The summed E-state index contributed by atoms with van der Waals surface area (Å²) in [6.07, 6.45) is 1.49. The molecule has 8 heteroatoms. The van der Waals surface area contributed by atoms with Crippen LogP contribution in [0.4, 0.5) is 0 Å². The summed E-state index contributed by atoms with van der Waals surface area (Å²) in [6.45, 7) is 4.06. The standard InChI is InChI=1S/C33H29N3O5/c1-20-15-21(2)30-26(16-20)29(23-9-6-5-7-10-23)31(35-30)32(37)36-34-19-22-13-14-27(28(17-22)40-4)41-33(38)24-11-8-12-25(18-24)39-3/h5-19,35H,1-4H3,(H,36,37). The van der Waals surface area contributed by atoms with Crippen molar-refractivity contribution in [1.82, 2.24) is 10.4 Å². The van der Waals surface area contributed by atoms with Crippen molar-refractivity contribution in [1.29, 1.82) is 0 Å². The van der Waals surface area contributed by atoms with Crippen molar-refractivity contribution in [3.63, 3.8) is 0 Å². The normalized spacial score (nSPS) is 11.0. The van der Waals surface area contributed by atoms with E-state index in [-0.39, 0.29) is 11.7 Å². The number of fused-ring (bicyclic) bond motifs is 1. The van der Waals surface area contributed by atoms with Gasteiger partial charge >= 0.3 is 5.97 Å². The molecule has 1 amide bonds. The number of carbonyl (C=O) groups is 2. The third-order valence-electron chi connectivity index (χ3n) is 6.61. The number of hydrogen-bond donors (Lipinski definition) is 2. The summed E-state index contributed by atoms with van der Waals surface area (Å²) in [6, 6.07) is 25.6. The molecule has 5 rings (SSSR count). The maximum atomic E-state index is 13.3. The van der Waals surface area contributed by atoms with E-state index in [4.69, 9.17) is 14.2 Å². The van der Waals surface area contributed by atoms with E-state index in [1.165, 1.54) is 20.4 Å². The van der Waals surface area contributed by atoms with Crippen LogP contribution in [0.25, 0.3) is 22.0 Å². The van der Waals surface area contributed by atoms with Crippen LogP contribution in [0.1, 0.15) is 37.5 Å². The molecule has 0 saturated carbocycles. The van der Waals surface area contributed by atoms with Crippen molar-refractivity contribution in [3.05, 3.63) is 113 Å². The summed E-state index contributed by atoms with van der Waals surface area (Å²) in [5, 5.41) is 5.15. The van der Waals surface area contributed by atoms with Crippen molar-refractivity contribution in [2.24, 2.45) is 5.10 Å². The second-order valence-corrected chi connectivity index (χ2v) is 9.48. The number of rotatable bonds is 8. The molecule has 1 aromatic heterocycles. The summed E-state index contributed by atoms with van der Waals surface area (Å²) >= 11 is 0. The predicted molar refractivity (Wildman–Crippen MR) is 159 cm³/mol. The fourth-order valence-electron chi connectivity index (χ4n) is 4.71. The number of nitrogens with one attached hydrogen (secondary N) is 2. The van der Waals surface area contributed by atoms with Crippen LogP contribution in [0.15, 0.2) is 90.0 Å². The first-order valence-electron chi connectivity index (χ1n) is 12.9. The van der Waals surface area contributed by atoms with Gasteiger partial charge in [0, 0.05) is 16.5 Å². The number of hydrazone groups is 1. The molecule has 1 heterocycles. The fourth-order valence-corrected chi connectivity index (χ4v) is 4.71. The van der Waals surface area contributed by atoms with Crippen molar-refractivity contribution >= 4 is 29.0 Å². The average Bonchev–Trinajstić information content (AvgIpc) is 3.38. The van der Waals surface area contributed by atoms with Crippen molar-refractivity contribution in [3.8, 4) is 28.4 Å². The Morgan fingerprint density at radius 1 is 0.854 bits per heavy atom. The maximum absolute atomic E-state index is 13.3. The van der Waals surface area contributed by atoms with Crippen LogP contribution in [0.2, 0.25) is 0 Å². The number of aromatic amines is 1. The molecule has 0 bridgehead atoms. The Morgan fingerprint density at radius 3 is 2.41 bits per heavy atom. The highest BCUT2D eigenvalue weighted by Gasteiger charge is 2.20. The largest absolute Gasteiger partial charge is 0.497 e. The van der Waals surface area contributed by atoms with Crippen LogP contribution in [-0.4, -0.2) is 37.3 Å². The first kappa shape index (κ1) is 27.2. The third-order valence-corrected chi connectivity index (χ3v) is 6.61. The van der Waals surface area contributed by atoms with Crippen LogP contribution >= 0.6 is 0 Å². The van der Waals surface area contributed by atoms with Gasteiger partial charge in [-0.3, -0.25) is 4.79 Å². The molecule has 0 fully saturated rings. The molecule has 41 heavy (non-hydrogen) atoms. The van der Waals surface area contributed by atoms with E-state index < -0.39 is 5.97 Å². The first-order valence-corrected chi connectivity index (χ1v) is 12.9. The van der Waals surface area contributed by atoms with Gasteiger partial charge in [-0.2, -0.15) is 5.10 Å². The Bertz CT molecular complexity index is 1770. The van der Waals surface area contributed by atoms with Gasteiger partial charge in [-0.05, 0) is 73.0 Å². The molecule has 0 radical (unpaired) electrons. The third kappa shape index (κ3) is 5.81. The highest BCUT2D eigenvalue weighted by Crippen LogP contribution is 2.35. The number of methoxy groups -OCH3 is 2. The zero-order valence-corrected chi connectivity index (χ0v) is 23.1. The van der Waals surface area contributed by atoms with Crippen molar-refractivity contribution in [2.75, 3.05) is 14.2 Å². The van der Waals surface area contributed by atoms with Gasteiger partial charge < -0.3 is 19.2 Å². The van der Waals surface area contributed by atoms with Gasteiger partial charge in [-0.15, -0.1) is 0 Å². The van der Waals surface area contributed by atoms with E-state index in [1.807, 2.05) is 44.2 Å². The van der Waals surface area contributed by atoms with Gasteiger partial charge in [0.05, 0.1) is 26.0 Å². The highest BCUT2D eigenvalue weighted by molar-refractivity contribution is 6.10. The molecule has 0 aliphatic rings. The quantitative estimate of drug-likeness (QED) is 0.101. The maximum Gasteiger partial charge on any atom is 0.343 e. The molecule has 5 aromatic rings. The minimum Gasteiger partial charge on any atom is -0.497 e. The van der Waals surface area contributed by atoms with E-state index >= 15 is 0 Å². The van der Waals surface area contributed by atoms with Crippen molar-refractivity contribution in [2.45, 2.75) is 13.8 Å². The van der Waals surface area contributed by atoms with Gasteiger partial charge in [-0.25, -0.2) is 10.2 Å². The number of ether oxygens (including phenoxy) is 3. The number of hydrogen-bond acceptors (Lipinski definition) is 6. The van der Waals surface area contributed by atoms with Gasteiger partial charge in [-0.1, -0.05) is 48.0 Å². The minimum atomic E-state index is -0.547. The lowest BCUT2D eigenvalue weighted by Gasteiger charge is -2.10. The number of H-pyrrole nitrogens is 1. The molecule has 0 saturated heterocycles. The molecular formula is C33H29N3O5. The number of nitrogens with zero attached hydrogens (tertiary/aromatic N) is 1. The van der Waals surface area contributed by atoms with Gasteiger partial charge in [0.15, 0.2) is 11.5 Å². The molecule has 2 N–H and O–H groups in total. The molecule has 0 spiro atoms.